The van der Waals surface area contributed by atoms with Crippen LogP contribution in [0.5, 0.6) is 0 Å². The van der Waals surface area contributed by atoms with Crippen LogP contribution in [-0.4, -0.2) is 39.5 Å². The van der Waals surface area contributed by atoms with Crippen molar-refractivity contribution in [3.63, 3.8) is 0 Å². The number of aliphatic imine (C=N–C) groups is 1. The number of ether oxygens (including phenoxy) is 1. The van der Waals surface area contributed by atoms with Crippen LogP contribution < -0.4 is 5.73 Å². The highest BCUT2D eigenvalue weighted by molar-refractivity contribution is 6.74. The van der Waals surface area contributed by atoms with Gasteiger partial charge in [-0.15, -0.1) is 0 Å². The Bertz CT molecular complexity index is 413. The molecule has 0 bridgehead atoms. The van der Waals surface area contributed by atoms with E-state index in [1.807, 2.05) is 12.2 Å². The molecule has 1 heterocycles. The highest BCUT2D eigenvalue weighted by Gasteiger charge is 2.38. The standard InChI is InChI=1S/C17H34N2O2Si/c1-14(2)15-17(18,10-8-11-19-15)20-12-9-13-21-22(6,7)16(3,4)5/h8,10-11,14-15H,9,12-13,18H2,1-7H3. The molecule has 0 aromatic heterocycles. The molecule has 2 N–H and O–H groups in total. The Balaban J connectivity index is 2.41. The van der Waals surface area contributed by atoms with Crippen LogP contribution in [0, 0.1) is 5.92 Å². The molecule has 0 fully saturated rings. The number of nitrogens with two attached hydrogens (primary N) is 1. The molecule has 0 spiro atoms. The second-order valence-corrected chi connectivity index (χ2v) is 12.8. The molecule has 1 rings (SSSR count). The predicted octanol–water partition coefficient (Wildman–Crippen LogP) is 3.74. The highest BCUT2D eigenvalue weighted by Crippen LogP contribution is 2.36. The van der Waals surface area contributed by atoms with Crippen LogP contribution in [0.1, 0.15) is 41.0 Å². The van der Waals surface area contributed by atoms with Gasteiger partial charge in [0, 0.05) is 12.8 Å². The van der Waals surface area contributed by atoms with Crippen LogP contribution in [0.25, 0.3) is 0 Å². The molecule has 22 heavy (non-hydrogen) atoms. The zero-order valence-corrected chi connectivity index (χ0v) is 16.3. The largest absolute Gasteiger partial charge is 0.417 e. The molecule has 5 heteroatoms. The summed E-state index contributed by atoms with van der Waals surface area (Å²) >= 11 is 0. The number of allylic oxidation sites excluding steroid dienone is 1. The minimum Gasteiger partial charge on any atom is -0.417 e. The molecule has 0 aromatic rings. The molecule has 1 aliphatic heterocycles. The molecule has 2 atom stereocenters. The summed E-state index contributed by atoms with van der Waals surface area (Å²) in [6.45, 7) is 16.9. The Morgan fingerprint density at radius 1 is 1.27 bits per heavy atom. The topological polar surface area (TPSA) is 56.8 Å². The molecule has 0 aliphatic carbocycles. The first kappa shape index (κ1) is 19.6. The molecule has 0 radical (unpaired) electrons. The Labute approximate surface area is 137 Å². The summed E-state index contributed by atoms with van der Waals surface area (Å²) in [5, 5.41) is 0.243. The quantitative estimate of drug-likeness (QED) is 0.440. The molecule has 4 nitrogen and oxygen atoms in total. The van der Waals surface area contributed by atoms with Crippen molar-refractivity contribution in [2.24, 2.45) is 16.6 Å². The number of rotatable bonds is 7. The minimum absolute atomic E-state index is 0.0289. The lowest BCUT2D eigenvalue weighted by Gasteiger charge is -2.37. The van der Waals surface area contributed by atoms with E-state index < -0.39 is 14.0 Å². The molecule has 2 unspecified atom stereocenters. The molecule has 0 amide bonds. The summed E-state index contributed by atoms with van der Waals surface area (Å²) in [7, 11) is -1.67. The zero-order chi connectivity index (χ0) is 17.0. The number of hydrogen-bond donors (Lipinski definition) is 1. The van der Waals surface area contributed by atoms with Crippen LogP contribution in [0.2, 0.25) is 18.1 Å². The van der Waals surface area contributed by atoms with Crippen LogP contribution in [0.15, 0.2) is 17.1 Å². The third kappa shape index (κ3) is 5.01. The normalized spacial score (nSPS) is 26.0. The molecule has 0 saturated carbocycles. The van der Waals surface area contributed by atoms with Gasteiger partial charge in [0.05, 0.1) is 12.6 Å². The molecule has 0 aromatic carbocycles. The summed E-state index contributed by atoms with van der Waals surface area (Å²) in [5.74, 6) is 0.342. The average Bonchev–Trinajstić information content (AvgIpc) is 2.36. The molecular formula is C17H34N2O2Si. The van der Waals surface area contributed by atoms with E-state index in [-0.39, 0.29) is 11.1 Å². The van der Waals surface area contributed by atoms with Crippen molar-refractivity contribution in [3.05, 3.63) is 12.2 Å². The molecule has 1 aliphatic rings. The zero-order valence-electron chi connectivity index (χ0n) is 15.3. The maximum absolute atomic E-state index is 6.39. The first-order chi connectivity index (χ1) is 10.00. The van der Waals surface area contributed by atoms with Gasteiger partial charge in [-0.25, -0.2) is 0 Å². The lowest BCUT2D eigenvalue weighted by molar-refractivity contribution is -0.0362. The van der Waals surface area contributed by atoms with E-state index in [4.69, 9.17) is 14.9 Å². The van der Waals surface area contributed by atoms with Gasteiger partial charge in [0.15, 0.2) is 14.0 Å². The summed E-state index contributed by atoms with van der Waals surface area (Å²) in [4.78, 5) is 4.47. The fraction of sp³-hybridized carbons (Fsp3) is 0.824. The highest BCUT2D eigenvalue weighted by atomic mass is 28.4. The van der Waals surface area contributed by atoms with Gasteiger partial charge in [0.1, 0.15) is 0 Å². The Morgan fingerprint density at radius 3 is 2.45 bits per heavy atom. The van der Waals surface area contributed by atoms with E-state index in [9.17, 15) is 0 Å². The lowest BCUT2D eigenvalue weighted by atomic mass is 9.92. The van der Waals surface area contributed by atoms with Crippen LogP contribution in [-0.2, 0) is 9.16 Å². The first-order valence-electron chi connectivity index (χ1n) is 8.27. The van der Waals surface area contributed by atoms with Crippen molar-refractivity contribution in [2.45, 2.75) is 70.9 Å². The van der Waals surface area contributed by atoms with Gasteiger partial charge in [0.2, 0.25) is 0 Å². The summed E-state index contributed by atoms with van der Waals surface area (Å²) in [6.07, 6.45) is 6.44. The first-order valence-corrected chi connectivity index (χ1v) is 11.2. The Hall–Kier alpha value is -0.493. The predicted molar refractivity (Wildman–Crippen MR) is 96.9 cm³/mol. The SMILES string of the molecule is CC(C)C1N=CC=CC1(N)OCCCO[Si](C)(C)C(C)(C)C. The fourth-order valence-electron chi connectivity index (χ4n) is 2.23. The van der Waals surface area contributed by atoms with Gasteiger partial charge in [0.25, 0.3) is 0 Å². The van der Waals surface area contributed by atoms with Crippen molar-refractivity contribution >= 4 is 14.5 Å². The van der Waals surface area contributed by atoms with Crippen LogP contribution >= 0.6 is 0 Å². The average molecular weight is 327 g/mol. The van der Waals surface area contributed by atoms with Gasteiger partial charge in [-0.2, -0.15) is 0 Å². The van der Waals surface area contributed by atoms with E-state index in [2.05, 4.69) is 52.7 Å². The lowest BCUT2D eigenvalue weighted by Crippen LogP contribution is -2.54. The monoisotopic (exact) mass is 326 g/mol. The summed E-state index contributed by atoms with van der Waals surface area (Å²) in [6, 6.07) is -0.0289. The van der Waals surface area contributed by atoms with Crippen LogP contribution in [0.3, 0.4) is 0 Å². The fourth-order valence-corrected chi connectivity index (χ4v) is 3.32. The number of hydrogen-bond acceptors (Lipinski definition) is 4. The number of dihydropyridines is 1. The van der Waals surface area contributed by atoms with E-state index >= 15 is 0 Å². The maximum Gasteiger partial charge on any atom is 0.191 e. The van der Waals surface area contributed by atoms with Gasteiger partial charge in [-0.1, -0.05) is 34.6 Å². The van der Waals surface area contributed by atoms with Crippen molar-refractivity contribution in [2.75, 3.05) is 13.2 Å². The Morgan fingerprint density at radius 2 is 1.91 bits per heavy atom. The van der Waals surface area contributed by atoms with E-state index in [0.29, 0.717) is 12.5 Å². The third-order valence-corrected chi connectivity index (χ3v) is 9.23. The van der Waals surface area contributed by atoms with Gasteiger partial charge in [-0.05, 0) is 42.6 Å². The van der Waals surface area contributed by atoms with Crippen molar-refractivity contribution in [3.8, 4) is 0 Å². The summed E-state index contributed by atoms with van der Waals surface area (Å²) < 4.78 is 12.1. The second-order valence-electron chi connectivity index (χ2n) is 8.01. The number of nitrogens with zero attached hydrogens (tertiary/aromatic N) is 1. The smallest absolute Gasteiger partial charge is 0.191 e. The third-order valence-electron chi connectivity index (χ3n) is 4.69. The van der Waals surface area contributed by atoms with Gasteiger partial charge < -0.3 is 9.16 Å². The maximum atomic E-state index is 6.39. The van der Waals surface area contributed by atoms with Crippen molar-refractivity contribution in [1.29, 1.82) is 0 Å². The van der Waals surface area contributed by atoms with E-state index in [1.54, 1.807) is 6.21 Å². The molecular weight excluding hydrogens is 292 g/mol. The van der Waals surface area contributed by atoms with Gasteiger partial charge in [-0.3, -0.25) is 10.7 Å². The van der Waals surface area contributed by atoms with Crippen molar-refractivity contribution in [1.82, 2.24) is 0 Å². The molecule has 0 saturated heterocycles. The minimum atomic E-state index is -1.67. The van der Waals surface area contributed by atoms with E-state index in [0.717, 1.165) is 13.0 Å². The second kappa shape index (κ2) is 7.38. The summed E-state index contributed by atoms with van der Waals surface area (Å²) in [5.41, 5.74) is 5.59. The molecule has 128 valence electrons. The van der Waals surface area contributed by atoms with Gasteiger partial charge >= 0.3 is 0 Å². The Kier molecular flexibility index (Phi) is 6.56. The van der Waals surface area contributed by atoms with E-state index in [1.165, 1.54) is 0 Å². The van der Waals surface area contributed by atoms with Crippen molar-refractivity contribution < 1.29 is 9.16 Å². The van der Waals surface area contributed by atoms with Crippen LogP contribution in [0.4, 0.5) is 0 Å².